The van der Waals surface area contributed by atoms with Crippen LogP contribution in [0.15, 0.2) is 54.7 Å². The summed E-state index contributed by atoms with van der Waals surface area (Å²) in [5, 5.41) is 0. The fraction of sp³-hybridized carbons (Fsp3) is 0.143. The van der Waals surface area contributed by atoms with Crippen LogP contribution in [0.5, 0.6) is 0 Å². The number of hydrogen-bond acceptors (Lipinski definition) is 1. The first-order valence-electron chi connectivity index (χ1n) is 7.90. The minimum atomic E-state index is -4.40. The SMILES string of the molecule is Fc1c[c-]c(-c2ccc(C(F)(F)F)cn2)cc1.[CH2-]c1c(C)cccc1C.[Cl][Ir+2]. The van der Waals surface area contributed by atoms with E-state index in [0.717, 1.165) is 23.9 Å². The zero-order valence-electron chi connectivity index (χ0n) is 15.1. The Labute approximate surface area is 176 Å². The second-order valence-electron chi connectivity index (χ2n) is 5.72. The van der Waals surface area contributed by atoms with Gasteiger partial charge in [0.25, 0.3) is 0 Å². The Kier molecular flexibility index (Phi) is 9.66. The molecule has 0 fully saturated rings. The summed E-state index contributed by atoms with van der Waals surface area (Å²) in [7, 11) is 4.64. The van der Waals surface area contributed by atoms with Gasteiger partial charge in [-0.1, -0.05) is 32.0 Å². The molecule has 3 rings (SSSR count). The molecule has 1 nitrogen and oxygen atoms in total. The van der Waals surface area contributed by atoms with E-state index in [1.807, 2.05) is 0 Å². The standard InChI is InChI=1S/C12H6F4N.C9H11.ClH.Ir/c13-10-4-1-8(2-5-10)11-6-3-9(7-17-11)12(14,15)16;1-7-5-4-6-8(2)9(7)3;;/h1,3-7H;4-6H,3H2,1-2H3;1H;/q2*-1;;+3/p-1. The molecule has 0 radical (unpaired) electrons. The van der Waals surface area contributed by atoms with Crippen molar-refractivity contribution in [3.8, 4) is 11.3 Å². The molecule has 28 heavy (non-hydrogen) atoms. The molecule has 0 atom stereocenters. The second-order valence-corrected chi connectivity index (χ2v) is 5.72. The summed E-state index contributed by atoms with van der Waals surface area (Å²) < 4.78 is 49.5. The summed E-state index contributed by atoms with van der Waals surface area (Å²) in [6.45, 7) is 8.08. The molecule has 0 aliphatic rings. The molecule has 0 spiro atoms. The van der Waals surface area contributed by atoms with Crippen LogP contribution in [0.2, 0.25) is 0 Å². The summed E-state index contributed by atoms with van der Waals surface area (Å²) in [6.07, 6.45) is -3.66. The number of nitrogens with zero attached hydrogens (tertiary/aromatic N) is 1. The van der Waals surface area contributed by atoms with Gasteiger partial charge in [-0.25, -0.2) is 0 Å². The third kappa shape index (κ3) is 7.27. The Hall–Kier alpha value is -1.88. The summed E-state index contributed by atoms with van der Waals surface area (Å²) in [5.41, 5.74) is 3.66. The second kappa shape index (κ2) is 11.2. The quantitative estimate of drug-likeness (QED) is 0.224. The summed E-state index contributed by atoms with van der Waals surface area (Å²) in [5.74, 6) is -0.458. The monoisotopic (exact) mass is 587 g/mol. The fourth-order valence-electron chi connectivity index (χ4n) is 2.14. The maximum absolute atomic E-state index is 12.6. The minimum absolute atomic E-state index is 0.318. The van der Waals surface area contributed by atoms with Crippen LogP contribution in [-0.4, -0.2) is 4.98 Å². The van der Waals surface area contributed by atoms with Crippen molar-refractivity contribution in [1.29, 1.82) is 0 Å². The molecule has 0 saturated carbocycles. The fourth-order valence-corrected chi connectivity index (χ4v) is 2.14. The van der Waals surface area contributed by atoms with E-state index in [0.29, 0.717) is 11.3 Å². The molecule has 0 amide bonds. The number of rotatable bonds is 1. The third-order valence-electron chi connectivity index (χ3n) is 3.79. The van der Waals surface area contributed by atoms with Crippen molar-refractivity contribution in [1.82, 2.24) is 4.98 Å². The first-order valence-corrected chi connectivity index (χ1v) is 10.9. The van der Waals surface area contributed by atoms with Gasteiger partial charge >= 0.3 is 33.6 Å². The van der Waals surface area contributed by atoms with E-state index in [1.165, 1.54) is 47.2 Å². The number of benzene rings is 2. The van der Waals surface area contributed by atoms with Crippen molar-refractivity contribution in [3.05, 3.63) is 95.8 Å². The number of pyridine rings is 1. The van der Waals surface area contributed by atoms with E-state index < -0.39 is 17.6 Å². The molecule has 0 aliphatic heterocycles. The van der Waals surface area contributed by atoms with Gasteiger partial charge in [0.05, 0.1) is 5.56 Å². The van der Waals surface area contributed by atoms with Gasteiger partial charge in [-0.2, -0.15) is 36.8 Å². The molecular weight excluding hydrogens is 570 g/mol. The van der Waals surface area contributed by atoms with E-state index >= 15 is 0 Å². The van der Waals surface area contributed by atoms with Crippen molar-refractivity contribution in [2.24, 2.45) is 0 Å². The van der Waals surface area contributed by atoms with Gasteiger partial charge in [0.2, 0.25) is 0 Å². The van der Waals surface area contributed by atoms with Gasteiger partial charge in [-0.15, -0.1) is 42.0 Å². The molecule has 0 unspecified atom stereocenters. The topological polar surface area (TPSA) is 12.9 Å². The van der Waals surface area contributed by atoms with Gasteiger partial charge < -0.3 is 4.98 Å². The summed E-state index contributed by atoms with van der Waals surface area (Å²) >= 11 is 1.47. The van der Waals surface area contributed by atoms with E-state index in [4.69, 9.17) is 0 Å². The van der Waals surface area contributed by atoms with Crippen LogP contribution in [0, 0.1) is 32.7 Å². The Morgan fingerprint density at radius 2 is 1.61 bits per heavy atom. The van der Waals surface area contributed by atoms with Gasteiger partial charge in [0.1, 0.15) is 0 Å². The van der Waals surface area contributed by atoms with E-state index in [9.17, 15) is 17.6 Å². The molecule has 3 aromatic rings. The predicted molar refractivity (Wildman–Crippen MR) is 99.7 cm³/mol. The normalized spacial score (nSPS) is 10.3. The first kappa shape index (κ1) is 24.2. The summed E-state index contributed by atoms with van der Waals surface area (Å²) in [6, 6.07) is 14.7. The van der Waals surface area contributed by atoms with Crippen molar-refractivity contribution in [2.45, 2.75) is 20.0 Å². The Morgan fingerprint density at radius 3 is 2.00 bits per heavy atom. The molecule has 7 heteroatoms. The Balaban J connectivity index is 0.000000301. The molecule has 0 N–H and O–H groups in total. The van der Waals surface area contributed by atoms with Crippen molar-refractivity contribution >= 4 is 9.58 Å². The van der Waals surface area contributed by atoms with Crippen LogP contribution in [0.4, 0.5) is 17.6 Å². The molecule has 2 aromatic carbocycles. The number of alkyl halides is 3. The summed E-state index contributed by atoms with van der Waals surface area (Å²) in [4.78, 5) is 3.67. The van der Waals surface area contributed by atoms with Crippen molar-refractivity contribution in [2.75, 3.05) is 0 Å². The van der Waals surface area contributed by atoms with Gasteiger partial charge in [0.15, 0.2) is 0 Å². The predicted octanol–water partition coefficient (Wildman–Crippen LogP) is 6.88. The zero-order chi connectivity index (χ0) is 21.3. The number of aryl methyl sites for hydroxylation is 2. The van der Waals surface area contributed by atoms with Crippen LogP contribution in [0.25, 0.3) is 11.3 Å². The molecular formula is C21H17ClF4IrN. The number of halogens is 5. The molecule has 0 bridgehead atoms. The van der Waals surface area contributed by atoms with Gasteiger partial charge in [-0.05, 0) is 5.69 Å². The zero-order valence-corrected chi connectivity index (χ0v) is 18.2. The van der Waals surface area contributed by atoms with E-state index in [-0.39, 0.29) is 0 Å². The Morgan fingerprint density at radius 1 is 1.00 bits per heavy atom. The molecule has 1 heterocycles. The van der Waals surface area contributed by atoms with Crippen LogP contribution < -0.4 is 0 Å². The van der Waals surface area contributed by atoms with E-state index in [2.05, 4.69) is 59.6 Å². The molecule has 0 aliphatic carbocycles. The molecule has 0 saturated heterocycles. The average molecular weight is 587 g/mol. The van der Waals surface area contributed by atoms with Crippen molar-refractivity contribution < 1.29 is 35.5 Å². The van der Waals surface area contributed by atoms with Gasteiger partial charge in [-0.3, -0.25) is 4.39 Å². The Bertz CT molecular complexity index is 843. The van der Waals surface area contributed by atoms with Crippen LogP contribution in [0.3, 0.4) is 0 Å². The number of hydrogen-bond donors (Lipinski definition) is 0. The maximum atomic E-state index is 12.6. The third-order valence-corrected chi connectivity index (χ3v) is 3.79. The average Bonchev–Trinajstić information content (AvgIpc) is 2.68. The molecule has 150 valence electrons. The van der Waals surface area contributed by atoms with E-state index in [1.54, 1.807) is 0 Å². The number of aromatic nitrogens is 1. The van der Waals surface area contributed by atoms with Crippen LogP contribution in [0.1, 0.15) is 22.3 Å². The van der Waals surface area contributed by atoms with Crippen molar-refractivity contribution in [3.63, 3.8) is 0 Å². The first-order chi connectivity index (χ1) is 13.2. The molecule has 1 aromatic heterocycles. The van der Waals surface area contributed by atoms with Gasteiger partial charge in [0, 0.05) is 12.0 Å². The van der Waals surface area contributed by atoms with Crippen LogP contribution >= 0.6 is 9.58 Å². The van der Waals surface area contributed by atoms with Crippen LogP contribution in [-0.2, 0) is 24.1 Å².